The van der Waals surface area contributed by atoms with E-state index in [1.165, 1.54) is 19.7 Å². The fourth-order valence-electron chi connectivity index (χ4n) is 1.74. The Morgan fingerprint density at radius 2 is 1.90 bits per heavy atom. The zero-order valence-corrected chi connectivity index (χ0v) is 13.7. The van der Waals surface area contributed by atoms with Gasteiger partial charge < -0.3 is 0 Å². The highest BCUT2D eigenvalue weighted by Crippen LogP contribution is 2.13. The summed E-state index contributed by atoms with van der Waals surface area (Å²) >= 11 is 1.57. The molecule has 1 aromatic heterocycles. The van der Waals surface area contributed by atoms with Crippen LogP contribution in [0.15, 0.2) is 35.7 Å². The molecule has 0 bridgehead atoms. The van der Waals surface area contributed by atoms with Gasteiger partial charge in [0.25, 0.3) is 10.2 Å². The van der Waals surface area contributed by atoms with E-state index in [0.29, 0.717) is 0 Å². The van der Waals surface area contributed by atoms with Crippen LogP contribution in [0.2, 0.25) is 0 Å². The first-order valence-corrected chi connectivity index (χ1v) is 8.93. The highest BCUT2D eigenvalue weighted by molar-refractivity contribution is 7.87. The molecular weight excluding hydrogens is 306 g/mol. The van der Waals surface area contributed by atoms with Gasteiger partial charge >= 0.3 is 0 Å². The second kappa shape index (κ2) is 7.13. The molecule has 21 heavy (non-hydrogen) atoms. The molecule has 1 N–H and O–H groups in total. The van der Waals surface area contributed by atoms with E-state index in [1.54, 1.807) is 11.3 Å². The van der Waals surface area contributed by atoms with Gasteiger partial charge in [-0.05, 0) is 12.0 Å². The summed E-state index contributed by atoms with van der Waals surface area (Å²) in [5.74, 6) is 0. The summed E-state index contributed by atoms with van der Waals surface area (Å²) in [5.41, 5.74) is 2.04. The van der Waals surface area contributed by atoms with Crippen molar-refractivity contribution in [1.29, 1.82) is 0 Å². The van der Waals surface area contributed by atoms with Crippen molar-refractivity contribution in [3.8, 4) is 0 Å². The van der Waals surface area contributed by atoms with Gasteiger partial charge in [-0.3, -0.25) is 0 Å². The lowest BCUT2D eigenvalue weighted by Crippen LogP contribution is -2.35. The van der Waals surface area contributed by atoms with E-state index in [4.69, 9.17) is 0 Å². The van der Waals surface area contributed by atoms with Crippen LogP contribution in [0.5, 0.6) is 0 Å². The van der Waals surface area contributed by atoms with Gasteiger partial charge in [0.2, 0.25) is 0 Å². The number of aromatic nitrogens is 1. The summed E-state index contributed by atoms with van der Waals surface area (Å²) in [4.78, 5) is 4.46. The van der Waals surface area contributed by atoms with E-state index in [0.717, 1.165) is 27.8 Å². The third-order valence-electron chi connectivity index (χ3n) is 2.99. The normalized spacial score (nSPS) is 12.0. The van der Waals surface area contributed by atoms with E-state index >= 15 is 0 Å². The van der Waals surface area contributed by atoms with Crippen molar-refractivity contribution in [3.63, 3.8) is 0 Å². The molecule has 0 radical (unpaired) electrons. The van der Waals surface area contributed by atoms with E-state index in [1.807, 2.05) is 23.6 Å². The Kier molecular flexibility index (Phi) is 5.46. The molecule has 0 spiro atoms. The van der Waals surface area contributed by atoms with Gasteiger partial charge in [-0.1, -0.05) is 30.3 Å². The van der Waals surface area contributed by atoms with E-state index in [9.17, 15) is 8.42 Å². The van der Waals surface area contributed by atoms with Crippen molar-refractivity contribution in [2.24, 2.45) is 0 Å². The summed E-state index contributed by atoms with van der Waals surface area (Å²) in [6.07, 6.45) is 1.81. The second-order valence-electron chi connectivity index (χ2n) is 4.83. The lowest BCUT2D eigenvalue weighted by atomic mass is 10.1. The van der Waals surface area contributed by atoms with Crippen molar-refractivity contribution < 1.29 is 8.42 Å². The molecule has 0 unspecified atom stereocenters. The van der Waals surface area contributed by atoms with Crippen LogP contribution < -0.4 is 4.72 Å². The third-order valence-corrected chi connectivity index (χ3v) is 5.41. The molecule has 0 fully saturated rings. The standard InChI is InChI=1S/C14H19N3O2S2/c1-17(2)21(18,19)15-10-13-11-20-14(16-13)9-8-12-6-4-3-5-7-12/h3-7,11,15H,8-10H2,1-2H3. The largest absolute Gasteiger partial charge is 0.279 e. The number of hydrogen-bond donors (Lipinski definition) is 1. The summed E-state index contributed by atoms with van der Waals surface area (Å²) < 4.78 is 26.9. The van der Waals surface area contributed by atoms with E-state index in [2.05, 4.69) is 21.8 Å². The maximum absolute atomic E-state index is 11.6. The van der Waals surface area contributed by atoms with Crippen LogP contribution in [-0.2, 0) is 29.6 Å². The van der Waals surface area contributed by atoms with Crippen LogP contribution in [0.1, 0.15) is 16.3 Å². The minimum atomic E-state index is -3.39. The third kappa shape index (κ3) is 4.89. The van der Waals surface area contributed by atoms with Gasteiger partial charge in [-0.25, -0.2) is 4.98 Å². The summed E-state index contributed by atoms with van der Waals surface area (Å²) in [7, 11) is -0.405. The Morgan fingerprint density at radius 3 is 2.57 bits per heavy atom. The summed E-state index contributed by atoms with van der Waals surface area (Å²) in [6.45, 7) is 0.225. The Hall–Kier alpha value is -1.28. The van der Waals surface area contributed by atoms with E-state index < -0.39 is 10.2 Å². The molecule has 0 aliphatic heterocycles. The quantitative estimate of drug-likeness (QED) is 0.845. The van der Waals surface area contributed by atoms with Crippen molar-refractivity contribution in [1.82, 2.24) is 14.0 Å². The first-order chi connectivity index (χ1) is 9.97. The first kappa shape index (κ1) is 16.1. The SMILES string of the molecule is CN(C)S(=O)(=O)NCc1csc(CCc2ccccc2)n1. The second-order valence-corrected chi connectivity index (χ2v) is 7.74. The topological polar surface area (TPSA) is 62.3 Å². The van der Waals surface area contributed by atoms with Gasteiger partial charge in [-0.2, -0.15) is 17.4 Å². The molecule has 2 aromatic rings. The predicted octanol–water partition coefficient (Wildman–Crippen LogP) is 1.82. The molecule has 1 heterocycles. The average molecular weight is 325 g/mol. The van der Waals surface area contributed by atoms with Crippen LogP contribution in [0.25, 0.3) is 0 Å². The van der Waals surface area contributed by atoms with Crippen LogP contribution in [0.3, 0.4) is 0 Å². The first-order valence-electron chi connectivity index (χ1n) is 6.62. The number of nitrogens with zero attached hydrogens (tertiary/aromatic N) is 2. The molecule has 5 nitrogen and oxygen atoms in total. The molecule has 0 saturated carbocycles. The van der Waals surface area contributed by atoms with Crippen molar-refractivity contribution in [2.45, 2.75) is 19.4 Å². The van der Waals surface area contributed by atoms with Crippen LogP contribution in [0.4, 0.5) is 0 Å². The molecule has 0 aliphatic rings. The Balaban J connectivity index is 1.87. The van der Waals surface area contributed by atoms with Gasteiger partial charge in [0, 0.05) is 25.9 Å². The van der Waals surface area contributed by atoms with Crippen molar-refractivity contribution >= 4 is 21.5 Å². The van der Waals surface area contributed by atoms with Gasteiger partial charge in [0.05, 0.1) is 17.2 Å². The van der Waals surface area contributed by atoms with Crippen LogP contribution >= 0.6 is 11.3 Å². The highest BCUT2D eigenvalue weighted by Gasteiger charge is 2.13. The minimum absolute atomic E-state index is 0.225. The molecular formula is C14H19N3O2S2. The number of nitrogens with one attached hydrogen (secondary N) is 1. The van der Waals surface area contributed by atoms with Crippen molar-refractivity contribution in [3.05, 3.63) is 52.0 Å². The lowest BCUT2D eigenvalue weighted by molar-refractivity contribution is 0.504. The smallest absolute Gasteiger partial charge is 0.245 e. The maximum atomic E-state index is 11.6. The fourth-order valence-corrected chi connectivity index (χ4v) is 3.12. The fraction of sp³-hybridized carbons (Fsp3) is 0.357. The number of rotatable bonds is 7. The molecule has 1 aromatic carbocycles. The Bertz CT molecular complexity index is 667. The zero-order valence-electron chi connectivity index (χ0n) is 12.1. The lowest BCUT2D eigenvalue weighted by Gasteiger charge is -2.11. The zero-order chi connectivity index (χ0) is 15.3. The Labute approximate surface area is 129 Å². The number of aryl methyl sites for hydroxylation is 2. The number of benzene rings is 1. The monoisotopic (exact) mass is 325 g/mol. The highest BCUT2D eigenvalue weighted by atomic mass is 32.2. The summed E-state index contributed by atoms with van der Waals surface area (Å²) in [5, 5.41) is 2.93. The van der Waals surface area contributed by atoms with Crippen LogP contribution in [0, 0.1) is 0 Å². The molecule has 114 valence electrons. The average Bonchev–Trinajstić information content (AvgIpc) is 2.92. The molecule has 0 saturated heterocycles. The maximum Gasteiger partial charge on any atom is 0.279 e. The van der Waals surface area contributed by atoms with Crippen molar-refractivity contribution in [2.75, 3.05) is 14.1 Å². The number of hydrogen-bond acceptors (Lipinski definition) is 4. The van der Waals surface area contributed by atoms with Gasteiger partial charge in [-0.15, -0.1) is 11.3 Å². The molecule has 0 atom stereocenters. The molecule has 7 heteroatoms. The summed E-state index contributed by atoms with van der Waals surface area (Å²) in [6, 6.07) is 10.2. The minimum Gasteiger partial charge on any atom is -0.245 e. The number of thiazole rings is 1. The molecule has 2 rings (SSSR count). The molecule has 0 aliphatic carbocycles. The van der Waals surface area contributed by atoms with Crippen LogP contribution in [-0.4, -0.2) is 31.8 Å². The predicted molar refractivity (Wildman–Crippen MR) is 85.4 cm³/mol. The van der Waals surface area contributed by atoms with E-state index in [-0.39, 0.29) is 6.54 Å². The Morgan fingerprint density at radius 1 is 1.19 bits per heavy atom. The van der Waals surface area contributed by atoms with Gasteiger partial charge in [0.15, 0.2) is 0 Å². The molecule has 0 amide bonds. The van der Waals surface area contributed by atoms with Gasteiger partial charge in [0.1, 0.15) is 0 Å².